The minimum atomic E-state index is -0.177. The van der Waals surface area contributed by atoms with Crippen LogP contribution in [-0.4, -0.2) is 59.1 Å². The molecule has 0 saturated carbocycles. The molecule has 1 aromatic heterocycles. The molecule has 0 aliphatic carbocycles. The monoisotopic (exact) mass is 334 g/mol. The Morgan fingerprint density at radius 1 is 1.25 bits per heavy atom. The number of rotatable bonds is 5. The molecule has 134 valence electrons. The third-order valence-electron chi connectivity index (χ3n) is 5.48. The zero-order valence-electron chi connectivity index (χ0n) is 14.7. The first kappa shape index (κ1) is 17.4. The number of hydrogen-bond donors (Lipinski definition) is 2. The smallest absolute Gasteiger partial charge is 0.227 e. The molecule has 2 N–H and O–H groups in total. The summed E-state index contributed by atoms with van der Waals surface area (Å²) in [4.78, 5) is 13.7. The Morgan fingerprint density at radius 2 is 2.04 bits per heavy atom. The van der Waals surface area contributed by atoms with E-state index in [1.54, 1.807) is 0 Å². The van der Waals surface area contributed by atoms with Crippen LogP contribution in [0.1, 0.15) is 45.4 Å². The van der Waals surface area contributed by atoms with Crippen LogP contribution in [0.2, 0.25) is 0 Å². The lowest BCUT2D eigenvalue weighted by atomic mass is 9.77. The summed E-state index contributed by atoms with van der Waals surface area (Å²) in [6.07, 6.45) is 7.54. The number of aliphatic hydroxyl groups is 2. The lowest BCUT2D eigenvalue weighted by Gasteiger charge is -2.42. The van der Waals surface area contributed by atoms with Crippen LogP contribution in [0, 0.1) is 5.41 Å². The van der Waals surface area contributed by atoms with E-state index in [0.717, 1.165) is 76.5 Å². The topological polar surface area (TPSA) is 72.7 Å². The molecule has 2 aliphatic rings. The maximum absolute atomic E-state index is 9.92. The second-order valence-electron chi connectivity index (χ2n) is 7.37. The molecule has 0 amide bonds. The highest BCUT2D eigenvalue weighted by Crippen LogP contribution is 2.35. The van der Waals surface area contributed by atoms with Gasteiger partial charge in [-0.15, -0.1) is 0 Å². The Balaban J connectivity index is 1.73. The van der Waals surface area contributed by atoms with Gasteiger partial charge in [0, 0.05) is 37.8 Å². The maximum atomic E-state index is 9.92. The van der Waals surface area contributed by atoms with Crippen molar-refractivity contribution in [1.29, 1.82) is 0 Å². The fourth-order valence-corrected chi connectivity index (χ4v) is 4.08. The lowest BCUT2D eigenvalue weighted by Crippen LogP contribution is -2.46. The van der Waals surface area contributed by atoms with Gasteiger partial charge in [-0.25, -0.2) is 4.98 Å². The highest BCUT2D eigenvalue weighted by molar-refractivity contribution is 5.44. The standard InChI is InChI=1S/C18H30N4O2/c1-2-7-18(14-23)8-3-10-22(13-18)17-19-9-4-16(20-17)21-11-5-15(24)6-12-21/h4,9,15,23-24H,2-3,5-8,10-14H2,1H3/t18-/m1/s1. The highest BCUT2D eigenvalue weighted by Gasteiger charge is 2.35. The molecule has 6 heteroatoms. The fraction of sp³-hybridized carbons (Fsp3) is 0.778. The van der Waals surface area contributed by atoms with Gasteiger partial charge in [0.05, 0.1) is 12.7 Å². The summed E-state index contributed by atoms with van der Waals surface area (Å²) < 4.78 is 0. The van der Waals surface area contributed by atoms with Gasteiger partial charge < -0.3 is 20.0 Å². The van der Waals surface area contributed by atoms with Gasteiger partial charge in [-0.2, -0.15) is 4.98 Å². The van der Waals surface area contributed by atoms with Gasteiger partial charge in [0.25, 0.3) is 0 Å². The quantitative estimate of drug-likeness (QED) is 0.856. The first-order chi connectivity index (χ1) is 11.7. The van der Waals surface area contributed by atoms with Gasteiger partial charge in [-0.05, 0) is 38.2 Å². The highest BCUT2D eigenvalue weighted by atomic mass is 16.3. The lowest BCUT2D eigenvalue weighted by molar-refractivity contribution is 0.0949. The zero-order valence-corrected chi connectivity index (χ0v) is 14.7. The molecule has 0 radical (unpaired) electrons. The summed E-state index contributed by atoms with van der Waals surface area (Å²) >= 11 is 0. The molecule has 1 aromatic rings. The van der Waals surface area contributed by atoms with E-state index < -0.39 is 0 Å². The Morgan fingerprint density at radius 3 is 2.75 bits per heavy atom. The van der Waals surface area contributed by atoms with Crippen molar-refractivity contribution in [2.45, 2.75) is 51.6 Å². The SMILES string of the molecule is CCC[C@@]1(CO)CCCN(c2nccc(N3CCC(O)CC3)n2)C1. The van der Waals surface area contributed by atoms with Crippen LogP contribution in [0.5, 0.6) is 0 Å². The third-order valence-corrected chi connectivity index (χ3v) is 5.48. The molecule has 3 heterocycles. The number of anilines is 2. The average molecular weight is 334 g/mol. The maximum Gasteiger partial charge on any atom is 0.227 e. The molecular weight excluding hydrogens is 304 g/mol. The Bertz CT molecular complexity index is 530. The second kappa shape index (κ2) is 7.66. The molecule has 2 aliphatic heterocycles. The third kappa shape index (κ3) is 3.81. The van der Waals surface area contributed by atoms with Crippen LogP contribution in [0.15, 0.2) is 12.3 Å². The van der Waals surface area contributed by atoms with E-state index >= 15 is 0 Å². The fourth-order valence-electron chi connectivity index (χ4n) is 4.08. The van der Waals surface area contributed by atoms with Crippen LogP contribution in [0.3, 0.4) is 0 Å². The second-order valence-corrected chi connectivity index (χ2v) is 7.37. The summed E-state index contributed by atoms with van der Waals surface area (Å²) in [6, 6.07) is 1.95. The minimum Gasteiger partial charge on any atom is -0.396 e. The van der Waals surface area contributed by atoms with Gasteiger partial charge >= 0.3 is 0 Å². The predicted octanol–water partition coefficient (Wildman–Crippen LogP) is 1.82. The number of aliphatic hydroxyl groups excluding tert-OH is 2. The normalized spacial score (nSPS) is 26.0. The number of hydrogen-bond acceptors (Lipinski definition) is 6. The minimum absolute atomic E-state index is 0.0123. The van der Waals surface area contributed by atoms with Crippen LogP contribution >= 0.6 is 0 Å². The van der Waals surface area contributed by atoms with Crippen molar-refractivity contribution < 1.29 is 10.2 Å². The van der Waals surface area contributed by atoms with Gasteiger partial charge in [0.1, 0.15) is 5.82 Å². The van der Waals surface area contributed by atoms with Crippen LogP contribution < -0.4 is 9.80 Å². The predicted molar refractivity (Wildman–Crippen MR) is 95.4 cm³/mol. The van der Waals surface area contributed by atoms with Crippen molar-refractivity contribution in [2.24, 2.45) is 5.41 Å². The first-order valence-electron chi connectivity index (χ1n) is 9.28. The molecule has 0 bridgehead atoms. The number of aromatic nitrogens is 2. The van der Waals surface area contributed by atoms with E-state index in [4.69, 9.17) is 4.98 Å². The molecular formula is C18H30N4O2. The molecule has 0 unspecified atom stereocenters. The van der Waals surface area contributed by atoms with Crippen molar-refractivity contribution in [3.8, 4) is 0 Å². The van der Waals surface area contributed by atoms with Crippen molar-refractivity contribution in [3.05, 3.63) is 12.3 Å². The summed E-state index contributed by atoms with van der Waals surface area (Å²) in [6.45, 7) is 5.88. The summed E-state index contributed by atoms with van der Waals surface area (Å²) in [5.74, 6) is 1.72. The molecule has 24 heavy (non-hydrogen) atoms. The summed E-state index contributed by atoms with van der Waals surface area (Å²) in [5.41, 5.74) is -0.0123. The largest absolute Gasteiger partial charge is 0.396 e. The van der Waals surface area contributed by atoms with E-state index in [1.165, 1.54) is 0 Å². The summed E-state index contributed by atoms with van der Waals surface area (Å²) in [7, 11) is 0. The molecule has 3 rings (SSSR count). The van der Waals surface area contributed by atoms with E-state index in [2.05, 4.69) is 21.7 Å². The Kier molecular flexibility index (Phi) is 5.56. The first-order valence-corrected chi connectivity index (χ1v) is 9.28. The molecule has 0 spiro atoms. The van der Waals surface area contributed by atoms with Crippen LogP contribution in [0.25, 0.3) is 0 Å². The molecule has 0 aromatic carbocycles. The number of piperidine rings is 2. The molecule has 2 saturated heterocycles. The Hall–Kier alpha value is -1.40. The molecule has 1 atom stereocenters. The van der Waals surface area contributed by atoms with E-state index in [1.807, 2.05) is 12.3 Å². The van der Waals surface area contributed by atoms with E-state index in [0.29, 0.717) is 0 Å². The zero-order chi connectivity index (χ0) is 17.0. The van der Waals surface area contributed by atoms with Crippen molar-refractivity contribution >= 4 is 11.8 Å². The van der Waals surface area contributed by atoms with Crippen molar-refractivity contribution in [1.82, 2.24) is 9.97 Å². The molecule has 6 nitrogen and oxygen atoms in total. The average Bonchev–Trinajstić information content (AvgIpc) is 2.63. The molecule has 2 fully saturated rings. The van der Waals surface area contributed by atoms with Crippen LogP contribution in [-0.2, 0) is 0 Å². The summed E-state index contributed by atoms with van der Waals surface area (Å²) in [5, 5.41) is 19.6. The van der Waals surface area contributed by atoms with Crippen LogP contribution in [0.4, 0.5) is 11.8 Å². The Labute approximate surface area is 144 Å². The van der Waals surface area contributed by atoms with Gasteiger partial charge in [-0.1, -0.05) is 13.3 Å². The van der Waals surface area contributed by atoms with Crippen molar-refractivity contribution in [3.63, 3.8) is 0 Å². The number of nitrogens with zero attached hydrogens (tertiary/aromatic N) is 4. The van der Waals surface area contributed by atoms with E-state index in [-0.39, 0.29) is 18.1 Å². The van der Waals surface area contributed by atoms with Gasteiger partial charge in [-0.3, -0.25) is 0 Å². The van der Waals surface area contributed by atoms with Gasteiger partial charge in [0.2, 0.25) is 5.95 Å². The van der Waals surface area contributed by atoms with E-state index in [9.17, 15) is 10.2 Å². The van der Waals surface area contributed by atoms with Gasteiger partial charge in [0.15, 0.2) is 0 Å². The van der Waals surface area contributed by atoms with Crippen molar-refractivity contribution in [2.75, 3.05) is 42.6 Å².